The number of rotatable bonds is 41. The summed E-state index contributed by atoms with van der Waals surface area (Å²) in [7, 11) is -4.57. The molecule has 0 bridgehead atoms. The number of hydrogen-bond acceptors (Lipinski definition) is 12. The molecule has 1 unspecified atom stereocenters. The van der Waals surface area contributed by atoms with Crippen LogP contribution in [0, 0.1) is 0 Å². The van der Waals surface area contributed by atoms with Crippen molar-refractivity contribution < 1.29 is 57.9 Å². The van der Waals surface area contributed by atoms with Crippen molar-refractivity contribution in [2.75, 3.05) is 46.1 Å². The van der Waals surface area contributed by atoms with Gasteiger partial charge in [0.1, 0.15) is 24.4 Å². The highest BCUT2D eigenvalue weighted by atomic mass is 31.2. The molecule has 1 saturated heterocycles. The van der Waals surface area contributed by atoms with Crippen molar-refractivity contribution >= 4 is 13.8 Å². The van der Waals surface area contributed by atoms with Gasteiger partial charge in [-0.1, -0.05) is 170 Å². The highest BCUT2D eigenvalue weighted by Gasteiger charge is 2.48. The number of nitrogens with one attached hydrogen (secondary N) is 1. The zero-order chi connectivity index (χ0) is 46.1. The first-order valence-corrected chi connectivity index (χ1v) is 25.4. The molecule has 1 fully saturated rings. The van der Waals surface area contributed by atoms with Gasteiger partial charge in [-0.05, 0) is 51.4 Å². The molecular formula is C49H86NO12P. The Balaban J connectivity index is 2.42. The van der Waals surface area contributed by atoms with Gasteiger partial charge < -0.3 is 44.8 Å². The highest BCUT2D eigenvalue weighted by Crippen LogP contribution is 2.43. The number of allylic oxidation sites excluding steroid dienone is 12. The molecule has 0 radical (unpaired) electrons. The van der Waals surface area contributed by atoms with E-state index in [0.717, 1.165) is 57.8 Å². The molecule has 1 aliphatic rings. The predicted octanol–water partition coefficient (Wildman–Crippen LogP) is 9.40. The number of phosphoric acid groups is 1. The molecule has 63 heavy (non-hydrogen) atoms. The molecule has 0 aromatic rings. The molecule has 0 aliphatic carbocycles. The lowest BCUT2D eigenvalue weighted by Crippen LogP contribution is -2.64. The molecule has 1 heterocycles. The molecule has 1 aliphatic heterocycles. The Hall–Kier alpha value is -2.26. The summed E-state index contributed by atoms with van der Waals surface area (Å²) in [5.41, 5.74) is 0. The number of hydrogen-bond donors (Lipinski definition) is 6. The van der Waals surface area contributed by atoms with Gasteiger partial charge in [-0.15, -0.1) is 0 Å². The van der Waals surface area contributed by atoms with Crippen LogP contribution in [0.4, 0.5) is 0 Å². The SMILES string of the molecule is CC/C=C\C/C=C\C/C=C\C/C=C\C/C=C\C/C=C\CCC(=O)O[C@H](COCCCCCCCCCCCCCCCC)COP(=O)(O)OCCNC[C@@]1(O)OC[C@@H](O)[C@@H](O)[C@@H]1O. The maximum atomic E-state index is 12.7. The fraction of sp³-hybridized carbons (Fsp3) is 0.735. The number of esters is 1. The van der Waals surface area contributed by atoms with E-state index in [1.54, 1.807) is 0 Å². The summed E-state index contributed by atoms with van der Waals surface area (Å²) in [5.74, 6) is -2.66. The number of phosphoric ester groups is 1. The summed E-state index contributed by atoms with van der Waals surface area (Å²) in [6.07, 6.45) is 43.4. The van der Waals surface area contributed by atoms with Gasteiger partial charge in [0.2, 0.25) is 5.79 Å². The number of carbonyl (C=O) groups excluding carboxylic acids is 1. The largest absolute Gasteiger partial charge is 0.472 e. The van der Waals surface area contributed by atoms with Crippen LogP contribution in [0.15, 0.2) is 72.9 Å². The minimum absolute atomic E-state index is 0.00684. The Kier molecular flexibility index (Phi) is 37.4. The summed E-state index contributed by atoms with van der Waals surface area (Å²) in [6.45, 7) is 3.30. The third-order valence-corrected chi connectivity index (χ3v) is 11.4. The standard InChI is InChI=1S/C49H86NO12P/c1-3-5-7-9-11-13-15-17-19-20-21-22-23-24-26-28-30-32-34-36-46(52)62-44(40-58-38-35-33-31-29-27-25-18-16-14-12-10-8-6-4-2)41-61-63(56,57)60-39-37-50-43-49(55)48(54)47(53)45(51)42-59-49/h5,7,11,13,17,19,21-22,24,26,30,32,44-45,47-48,50-51,53-55H,3-4,6,8-10,12,14-16,18,20,23,25,27-29,31,33-43H2,1-2H3,(H,56,57)/b7-5-,13-11-,19-17-,22-21-,26-24-,32-30-/t44-,45-,47-,48+,49-/m1/s1. The van der Waals surface area contributed by atoms with Crippen molar-refractivity contribution in [3.8, 4) is 0 Å². The molecule has 0 aromatic heterocycles. The quantitative estimate of drug-likeness (QED) is 0.0147. The normalized spacial score (nSPS) is 21.3. The number of aliphatic hydroxyl groups excluding tert-OH is 3. The molecule has 14 heteroatoms. The van der Waals surface area contributed by atoms with Crippen LogP contribution in [-0.2, 0) is 32.6 Å². The highest BCUT2D eigenvalue weighted by molar-refractivity contribution is 7.47. The first kappa shape index (κ1) is 58.8. The van der Waals surface area contributed by atoms with Crippen molar-refractivity contribution in [1.29, 1.82) is 0 Å². The van der Waals surface area contributed by atoms with Crippen LogP contribution in [0.5, 0.6) is 0 Å². The second-order valence-electron chi connectivity index (χ2n) is 16.2. The minimum atomic E-state index is -4.57. The van der Waals surface area contributed by atoms with Gasteiger partial charge in [-0.25, -0.2) is 4.57 Å². The molecule has 0 aromatic carbocycles. The monoisotopic (exact) mass is 912 g/mol. The number of aliphatic hydroxyl groups is 4. The van der Waals surface area contributed by atoms with E-state index in [1.165, 1.54) is 70.6 Å². The second-order valence-corrected chi connectivity index (χ2v) is 17.6. The van der Waals surface area contributed by atoms with Gasteiger partial charge in [0.25, 0.3) is 0 Å². The van der Waals surface area contributed by atoms with E-state index >= 15 is 0 Å². The van der Waals surface area contributed by atoms with E-state index in [2.05, 4.69) is 79.9 Å². The predicted molar refractivity (Wildman–Crippen MR) is 252 cm³/mol. The zero-order valence-electron chi connectivity index (χ0n) is 38.8. The van der Waals surface area contributed by atoms with Crippen LogP contribution in [0.2, 0.25) is 0 Å². The van der Waals surface area contributed by atoms with E-state index in [1.807, 2.05) is 12.2 Å². The van der Waals surface area contributed by atoms with E-state index < -0.39 is 50.6 Å². The molecule has 6 atom stereocenters. The lowest BCUT2D eigenvalue weighted by atomic mass is 9.97. The van der Waals surface area contributed by atoms with Crippen molar-refractivity contribution in [3.05, 3.63) is 72.9 Å². The first-order valence-electron chi connectivity index (χ1n) is 23.9. The molecular weight excluding hydrogens is 826 g/mol. The average Bonchev–Trinajstić information content (AvgIpc) is 3.26. The zero-order valence-corrected chi connectivity index (χ0v) is 39.7. The van der Waals surface area contributed by atoms with Crippen molar-refractivity contribution in [3.63, 3.8) is 0 Å². The van der Waals surface area contributed by atoms with E-state index in [-0.39, 0.29) is 39.3 Å². The summed E-state index contributed by atoms with van der Waals surface area (Å²) >= 11 is 0. The Labute approximate surface area is 380 Å². The van der Waals surface area contributed by atoms with E-state index in [4.69, 9.17) is 23.3 Å². The first-order chi connectivity index (χ1) is 30.5. The van der Waals surface area contributed by atoms with Crippen LogP contribution in [-0.4, -0.2) is 108 Å². The van der Waals surface area contributed by atoms with Crippen molar-refractivity contribution in [2.45, 2.75) is 185 Å². The van der Waals surface area contributed by atoms with Gasteiger partial charge in [0.15, 0.2) is 0 Å². The van der Waals surface area contributed by atoms with Crippen LogP contribution < -0.4 is 5.32 Å². The molecule has 13 nitrogen and oxygen atoms in total. The van der Waals surface area contributed by atoms with Crippen LogP contribution in [0.1, 0.15) is 155 Å². The smallest absolute Gasteiger partial charge is 0.457 e. The summed E-state index contributed by atoms with van der Waals surface area (Å²) < 4.78 is 39.3. The number of unbranched alkanes of at least 4 members (excludes halogenated alkanes) is 13. The number of ether oxygens (including phenoxy) is 3. The molecule has 364 valence electrons. The lowest BCUT2D eigenvalue weighted by molar-refractivity contribution is -0.317. The second kappa shape index (κ2) is 40.1. The fourth-order valence-corrected chi connectivity index (χ4v) is 7.33. The fourth-order valence-electron chi connectivity index (χ4n) is 6.58. The topological polar surface area (TPSA) is 193 Å². The van der Waals surface area contributed by atoms with Crippen molar-refractivity contribution in [1.82, 2.24) is 5.32 Å². The Morgan fingerprint density at radius 2 is 1.19 bits per heavy atom. The summed E-state index contributed by atoms with van der Waals surface area (Å²) in [6, 6.07) is 0. The lowest BCUT2D eigenvalue weighted by Gasteiger charge is -2.41. The van der Waals surface area contributed by atoms with Gasteiger partial charge in [-0.3, -0.25) is 13.8 Å². The molecule has 0 amide bonds. The average molecular weight is 912 g/mol. The van der Waals surface area contributed by atoms with Crippen LogP contribution in [0.3, 0.4) is 0 Å². The number of carbonyl (C=O) groups is 1. The Morgan fingerprint density at radius 3 is 1.71 bits per heavy atom. The summed E-state index contributed by atoms with van der Waals surface area (Å²) in [4.78, 5) is 23.0. The molecule has 6 N–H and O–H groups in total. The molecule has 0 saturated carbocycles. The third-order valence-electron chi connectivity index (χ3n) is 10.4. The van der Waals surface area contributed by atoms with Gasteiger partial charge in [0.05, 0.1) is 33.0 Å². The minimum Gasteiger partial charge on any atom is -0.457 e. The van der Waals surface area contributed by atoms with Gasteiger partial charge >= 0.3 is 13.8 Å². The maximum Gasteiger partial charge on any atom is 0.472 e. The third kappa shape index (κ3) is 33.8. The van der Waals surface area contributed by atoms with Gasteiger partial charge in [0, 0.05) is 19.6 Å². The Morgan fingerprint density at radius 1 is 0.698 bits per heavy atom. The maximum absolute atomic E-state index is 12.7. The molecule has 1 rings (SSSR count). The van der Waals surface area contributed by atoms with E-state index in [9.17, 15) is 34.7 Å². The van der Waals surface area contributed by atoms with Crippen molar-refractivity contribution in [2.24, 2.45) is 0 Å². The van der Waals surface area contributed by atoms with Gasteiger partial charge in [-0.2, -0.15) is 0 Å². The summed E-state index contributed by atoms with van der Waals surface area (Å²) in [5, 5.41) is 42.7. The van der Waals surface area contributed by atoms with E-state index in [0.29, 0.717) is 13.0 Å². The van der Waals surface area contributed by atoms with Crippen LogP contribution >= 0.6 is 7.82 Å². The molecule has 0 spiro atoms. The van der Waals surface area contributed by atoms with Crippen LogP contribution in [0.25, 0.3) is 0 Å². The Bertz CT molecular complexity index is 1340.